The molecule has 0 bridgehead atoms. The van der Waals surface area contributed by atoms with Crippen molar-refractivity contribution in [2.24, 2.45) is 0 Å². The molecule has 5 nitrogen and oxygen atoms in total. The number of hydrogen-bond acceptors (Lipinski definition) is 5. The van der Waals surface area contributed by atoms with Crippen molar-refractivity contribution in [2.75, 3.05) is 26.7 Å². The molecule has 1 N–H and O–H groups in total. The third kappa shape index (κ3) is 2.57. The first-order valence-electron chi connectivity index (χ1n) is 7.08. The molecule has 100 valence electrons. The van der Waals surface area contributed by atoms with E-state index in [9.17, 15) is 0 Å². The zero-order valence-electron chi connectivity index (χ0n) is 11.1. The number of rotatable bonds is 2. The second kappa shape index (κ2) is 5.36. The zero-order chi connectivity index (χ0) is 12.4. The molecule has 1 aromatic heterocycles. The highest BCUT2D eigenvalue weighted by atomic mass is 16.5. The molecule has 1 unspecified atom stereocenters. The predicted molar refractivity (Wildman–Crippen MR) is 68.4 cm³/mol. The maximum atomic E-state index is 5.45. The van der Waals surface area contributed by atoms with Gasteiger partial charge in [0.1, 0.15) is 0 Å². The van der Waals surface area contributed by atoms with E-state index in [0.717, 1.165) is 50.6 Å². The lowest BCUT2D eigenvalue weighted by atomic mass is 9.96. The van der Waals surface area contributed by atoms with Crippen LogP contribution in [0.15, 0.2) is 4.52 Å². The molecule has 3 rings (SSSR count). The molecule has 2 aliphatic rings. The van der Waals surface area contributed by atoms with Crippen LogP contribution in [-0.4, -0.2) is 41.7 Å². The van der Waals surface area contributed by atoms with Crippen molar-refractivity contribution in [1.82, 2.24) is 20.4 Å². The Balaban J connectivity index is 1.65. The fraction of sp³-hybridized carbons (Fsp3) is 0.846. The molecule has 0 aliphatic carbocycles. The first-order valence-corrected chi connectivity index (χ1v) is 7.08. The van der Waals surface area contributed by atoms with E-state index in [1.165, 1.54) is 12.8 Å². The van der Waals surface area contributed by atoms with Crippen LogP contribution in [0.2, 0.25) is 0 Å². The summed E-state index contributed by atoms with van der Waals surface area (Å²) in [5.41, 5.74) is 0. The molecule has 0 spiro atoms. The van der Waals surface area contributed by atoms with Crippen molar-refractivity contribution in [2.45, 2.75) is 44.1 Å². The molecule has 2 saturated heterocycles. The largest absolute Gasteiger partial charge is 0.338 e. The average molecular weight is 250 g/mol. The summed E-state index contributed by atoms with van der Waals surface area (Å²) in [4.78, 5) is 6.99. The van der Waals surface area contributed by atoms with Crippen molar-refractivity contribution in [3.05, 3.63) is 11.7 Å². The highest BCUT2D eigenvalue weighted by Gasteiger charge is 2.26. The molecular formula is C13H22N4O. The van der Waals surface area contributed by atoms with Gasteiger partial charge in [0, 0.05) is 5.92 Å². The average Bonchev–Trinajstić information content (AvgIpc) is 2.90. The second-order valence-electron chi connectivity index (χ2n) is 5.57. The molecule has 0 radical (unpaired) electrons. The fourth-order valence-electron chi connectivity index (χ4n) is 2.88. The maximum Gasteiger partial charge on any atom is 0.243 e. The van der Waals surface area contributed by atoms with Gasteiger partial charge in [-0.2, -0.15) is 4.98 Å². The van der Waals surface area contributed by atoms with Gasteiger partial charge in [-0.3, -0.25) is 0 Å². The van der Waals surface area contributed by atoms with Crippen molar-refractivity contribution in [3.8, 4) is 0 Å². The number of aromatic nitrogens is 2. The van der Waals surface area contributed by atoms with E-state index in [-0.39, 0.29) is 6.04 Å². The standard InChI is InChI=1S/C13H22N4O/c1-17-8-5-10(6-9-17)12-15-13(18-16-12)11-4-2-3-7-14-11/h10-11,14H,2-9H2,1H3. The van der Waals surface area contributed by atoms with Gasteiger partial charge in [0.15, 0.2) is 5.82 Å². The van der Waals surface area contributed by atoms with E-state index < -0.39 is 0 Å². The number of piperidine rings is 2. The molecule has 0 aromatic carbocycles. The maximum absolute atomic E-state index is 5.45. The zero-order valence-corrected chi connectivity index (χ0v) is 11.1. The highest BCUT2D eigenvalue weighted by Crippen LogP contribution is 2.27. The summed E-state index contributed by atoms with van der Waals surface area (Å²) < 4.78 is 5.45. The van der Waals surface area contributed by atoms with Crippen molar-refractivity contribution < 1.29 is 4.52 Å². The Morgan fingerprint density at radius 2 is 2.06 bits per heavy atom. The van der Waals surface area contributed by atoms with Gasteiger partial charge in [0.25, 0.3) is 0 Å². The summed E-state index contributed by atoms with van der Waals surface area (Å²) >= 11 is 0. The molecule has 2 fully saturated rings. The van der Waals surface area contributed by atoms with Crippen LogP contribution in [0.1, 0.15) is 55.8 Å². The molecule has 5 heteroatoms. The van der Waals surface area contributed by atoms with Crippen LogP contribution in [0, 0.1) is 0 Å². The third-order valence-electron chi connectivity index (χ3n) is 4.15. The van der Waals surface area contributed by atoms with Gasteiger partial charge >= 0.3 is 0 Å². The van der Waals surface area contributed by atoms with E-state index in [2.05, 4.69) is 27.4 Å². The molecule has 1 atom stereocenters. The topological polar surface area (TPSA) is 54.2 Å². The molecule has 1 aromatic rings. The van der Waals surface area contributed by atoms with Gasteiger partial charge in [0.05, 0.1) is 6.04 Å². The molecular weight excluding hydrogens is 228 g/mol. The summed E-state index contributed by atoms with van der Waals surface area (Å²) in [6.45, 7) is 3.34. The van der Waals surface area contributed by atoms with Crippen molar-refractivity contribution >= 4 is 0 Å². The van der Waals surface area contributed by atoms with Gasteiger partial charge in [-0.15, -0.1) is 0 Å². The van der Waals surface area contributed by atoms with Crippen LogP contribution < -0.4 is 5.32 Å². The van der Waals surface area contributed by atoms with Gasteiger partial charge in [-0.1, -0.05) is 11.6 Å². The lowest BCUT2D eigenvalue weighted by Crippen LogP contribution is -2.29. The molecule has 2 aliphatic heterocycles. The monoisotopic (exact) mass is 250 g/mol. The smallest absolute Gasteiger partial charge is 0.243 e. The van der Waals surface area contributed by atoms with E-state index >= 15 is 0 Å². The van der Waals surface area contributed by atoms with Crippen molar-refractivity contribution in [1.29, 1.82) is 0 Å². The summed E-state index contributed by atoms with van der Waals surface area (Å²) in [5.74, 6) is 2.20. The summed E-state index contributed by atoms with van der Waals surface area (Å²) in [6, 6.07) is 0.284. The molecule has 18 heavy (non-hydrogen) atoms. The van der Waals surface area contributed by atoms with E-state index in [0.29, 0.717) is 5.92 Å². The van der Waals surface area contributed by atoms with Gasteiger partial charge in [0.2, 0.25) is 5.89 Å². The van der Waals surface area contributed by atoms with Crippen LogP contribution in [0.3, 0.4) is 0 Å². The van der Waals surface area contributed by atoms with Crippen LogP contribution in [0.25, 0.3) is 0 Å². The van der Waals surface area contributed by atoms with Crippen LogP contribution in [0.5, 0.6) is 0 Å². The summed E-state index contributed by atoms with van der Waals surface area (Å²) in [5, 5.41) is 7.65. The Labute approximate surface area is 108 Å². The second-order valence-corrected chi connectivity index (χ2v) is 5.57. The lowest BCUT2D eigenvalue weighted by Gasteiger charge is -2.26. The minimum absolute atomic E-state index is 0.284. The Kier molecular flexibility index (Phi) is 3.61. The van der Waals surface area contributed by atoms with Gasteiger partial charge < -0.3 is 14.7 Å². The van der Waals surface area contributed by atoms with Crippen LogP contribution in [0.4, 0.5) is 0 Å². The lowest BCUT2D eigenvalue weighted by molar-refractivity contribution is 0.247. The van der Waals surface area contributed by atoms with Gasteiger partial charge in [-0.25, -0.2) is 0 Å². The van der Waals surface area contributed by atoms with Crippen molar-refractivity contribution in [3.63, 3.8) is 0 Å². The number of hydrogen-bond donors (Lipinski definition) is 1. The Hall–Kier alpha value is -0.940. The summed E-state index contributed by atoms with van der Waals surface area (Å²) in [6.07, 6.45) is 5.92. The molecule has 0 amide bonds. The number of likely N-dealkylation sites (tertiary alicyclic amines) is 1. The van der Waals surface area contributed by atoms with E-state index in [4.69, 9.17) is 4.52 Å². The quantitative estimate of drug-likeness (QED) is 0.865. The van der Waals surface area contributed by atoms with Crippen LogP contribution >= 0.6 is 0 Å². The first-order chi connectivity index (χ1) is 8.83. The fourth-order valence-corrected chi connectivity index (χ4v) is 2.88. The molecule has 3 heterocycles. The normalized spacial score (nSPS) is 27.5. The van der Waals surface area contributed by atoms with E-state index in [1.54, 1.807) is 0 Å². The first kappa shape index (κ1) is 12.1. The third-order valence-corrected chi connectivity index (χ3v) is 4.15. The Morgan fingerprint density at radius 1 is 1.22 bits per heavy atom. The van der Waals surface area contributed by atoms with E-state index in [1.807, 2.05) is 0 Å². The Bertz CT molecular complexity index is 378. The Morgan fingerprint density at radius 3 is 2.78 bits per heavy atom. The SMILES string of the molecule is CN1CCC(c2noc(C3CCCCN3)n2)CC1. The molecule has 0 saturated carbocycles. The van der Waals surface area contributed by atoms with Crippen LogP contribution in [-0.2, 0) is 0 Å². The number of nitrogens with one attached hydrogen (secondary N) is 1. The highest BCUT2D eigenvalue weighted by molar-refractivity contribution is 5.01. The number of nitrogens with zero attached hydrogens (tertiary/aromatic N) is 3. The van der Waals surface area contributed by atoms with Gasteiger partial charge in [-0.05, 0) is 52.4 Å². The minimum atomic E-state index is 0.284. The predicted octanol–water partition coefficient (Wildman–Crippen LogP) is 1.69. The minimum Gasteiger partial charge on any atom is -0.338 e. The summed E-state index contributed by atoms with van der Waals surface area (Å²) in [7, 11) is 2.17.